The number of nitrogens with one attached hydrogen (secondary N) is 2. The highest BCUT2D eigenvalue weighted by Crippen LogP contribution is 2.37. The van der Waals surface area contributed by atoms with Gasteiger partial charge in [-0.3, -0.25) is 14.0 Å². The van der Waals surface area contributed by atoms with E-state index in [1.165, 1.54) is 52.1 Å². The molecule has 40 heteroatoms. The molecule has 0 unspecified atom stereocenters. The Balaban J connectivity index is 0.000000138. The fourth-order valence-electron chi connectivity index (χ4n) is 16.1. The van der Waals surface area contributed by atoms with E-state index in [1.54, 1.807) is 55.5 Å². The number of amides is 7. The van der Waals surface area contributed by atoms with Crippen LogP contribution in [0.15, 0.2) is 190 Å². The number of carbonyl (C=O) groups excluding carboxylic acids is 7. The maximum Gasteiger partial charge on any atom is 0.410 e. The maximum absolute atomic E-state index is 11.9. The van der Waals surface area contributed by atoms with Crippen LogP contribution < -0.4 is 22.1 Å². The second kappa shape index (κ2) is 50.2. The van der Waals surface area contributed by atoms with Crippen molar-refractivity contribution in [2.75, 3.05) is 130 Å². The van der Waals surface area contributed by atoms with Crippen molar-refractivity contribution in [3.05, 3.63) is 247 Å². The number of ether oxygens (including phenoxy) is 5. The lowest BCUT2D eigenvalue weighted by molar-refractivity contribution is -0.119. The zero-order chi connectivity index (χ0) is 106. The van der Waals surface area contributed by atoms with E-state index < -0.39 is 22.4 Å². The zero-order valence-corrected chi connectivity index (χ0v) is 94.7. The molecule has 0 atom stereocenters. The predicted octanol–water partition coefficient (Wildman–Crippen LogP) is 19.1. The van der Waals surface area contributed by atoms with Crippen LogP contribution >= 0.6 is 91.0 Å². The van der Waals surface area contributed by atoms with Gasteiger partial charge in [-0.2, -0.15) is 0 Å². The number of primary amides is 1. The molecule has 8 aliphatic heterocycles. The lowest BCUT2D eigenvalue weighted by Crippen LogP contribution is -2.52. The molecule has 35 nitrogen and oxygen atoms in total. The van der Waals surface area contributed by atoms with E-state index >= 15 is 0 Å². The predicted molar refractivity (Wildman–Crippen MR) is 595 cm³/mol. The highest BCUT2D eigenvalue weighted by Gasteiger charge is 2.41. The number of pyridine rings is 8. The summed E-state index contributed by atoms with van der Waals surface area (Å²) in [5.41, 5.74) is 21.2. The van der Waals surface area contributed by atoms with Crippen LogP contribution in [0.2, 0.25) is 10.3 Å². The van der Waals surface area contributed by atoms with Gasteiger partial charge in [0.15, 0.2) is 0 Å². The quantitative estimate of drug-likeness (QED) is 0.0427. The first-order chi connectivity index (χ1) is 69.4. The van der Waals surface area contributed by atoms with E-state index in [9.17, 15) is 33.6 Å². The van der Waals surface area contributed by atoms with Gasteiger partial charge >= 0.3 is 30.5 Å². The molecule has 2 saturated carbocycles. The van der Waals surface area contributed by atoms with Crippen molar-refractivity contribution in [2.45, 2.75) is 203 Å². The van der Waals surface area contributed by atoms with Gasteiger partial charge in [0.05, 0.1) is 6.20 Å². The number of fused-ring (bicyclic) bond motifs is 4. The fraction of sp³-hybridized carbons (Fsp3) is 0.486. The summed E-state index contributed by atoms with van der Waals surface area (Å²) in [5, 5.41) is 7.17. The van der Waals surface area contributed by atoms with Gasteiger partial charge in [0, 0.05) is 252 Å². The molecule has 12 aromatic rings. The van der Waals surface area contributed by atoms with E-state index in [-0.39, 0.29) is 65.6 Å². The first kappa shape index (κ1) is 113. The van der Waals surface area contributed by atoms with Crippen molar-refractivity contribution < 1.29 is 57.2 Å². The molecule has 10 aliphatic rings. The number of nitrogens with zero attached hydrogens (tertiary/aromatic N) is 19. The number of rotatable bonds is 10. The second-order valence-corrected chi connectivity index (χ2v) is 48.3. The van der Waals surface area contributed by atoms with Gasteiger partial charge in [-0.05, 0) is 325 Å². The lowest BCUT2D eigenvalue weighted by Gasteiger charge is -2.40. The van der Waals surface area contributed by atoms with Gasteiger partial charge in [0.1, 0.15) is 76.2 Å². The molecule has 2 aliphatic carbocycles. The van der Waals surface area contributed by atoms with Crippen LogP contribution in [0.3, 0.4) is 0 Å². The summed E-state index contributed by atoms with van der Waals surface area (Å²) >= 11 is 18.2. The van der Waals surface area contributed by atoms with Gasteiger partial charge in [-0.1, -0.05) is 45.8 Å². The zero-order valence-electron chi connectivity index (χ0n) is 86.8. The molecule has 0 spiro atoms. The number of aromatic nitrogens is 12. The van der Waals surface area contributed by atoms with Crippen molar-refractivity contribution in [1.82, 2.24) is 97.1 Å². The molecule has 147 heavy (non-hydrogen) atoms. The van der Waals surface area contributed by atoms with Crippen LogP contribution in [0, 0.1) is 19.1 Å². The number of nitrogen functional groups attached to an aromatic ring is 1. The largest absolute Gasteiger partial charge is 0.444 e. The highest BCUT2D eigenvalue weighted by molar-refractivity contribution is 14.1. The summed E-state index contributed by atoms with van der Waals surface area (Å²) in [5.74, 6) is 4.86. The monoisotopic (exact) mass is 2390 g/mol. The molecule has 10 fully saturated rings. The number of anilines is 2. The molecule has 22 rings (SSSR count). The Bertz CT molecular complexity index is 6360. The lowest BCUT2D eigenvalue weighted by atomic mass is 9.92. The number of hydrogen-bond donors (Lipinski definition) is 4. The van der Waals surface area contributed by atoms with Crippen LogP contribution in [-0.2, 0) is 33.3 Å². The Morgan fingerprint density at radius 2 is 0.694 bits per heavy atom. The third-order valence-corrected chi connectivity index (χ3v) is 27.5. The van der Waals surface area contributed by atoms with E-state index in [2.05, 4.69) is 214 Å². The summed E-state index contributed by atoms with van der Waals surface area (Å²) in [7, 11) is 4.32. The summed E-state index contributed by atoms with van der Waals surface area (Å²) in [6, 6.07) is 32.5. The summed E-state index contributed by atoms with van der Waals surface area (Å²) in [6.45, 7) is 42.1. The smallest absolute Gasteiger partial charge is 0.410 e. The summed E-state index contributed by atoms with van der Waals surface area (Å²) < 4.78 is 37.5. The Morgan fingerprint density at radius 1 is 0.367 bits per heavy atom. The molecule has 20 heterocycles. The molecule has 8 saturated heterocycles. The van der Waals surface area contributed by atoms with Gasteiger partial charge in [0.25, 0.3) is 0 Å². The molecule has 7 amide bonds. The third-order valence-electron chi connectivity index (χ3n) is 24.8. The maximum atomic E-state index is 11.9. The SMILES string of the molecule is CC(C)(C)OC(=O)N1CC(I)C1.CC(C)(C)OC(=O)N1CC(c2ccn3ccnc3c2)C1.CC(C)(C)OC(=O)N1CC(c2ccnc(Cl)c2)C1.CC(C)(C)OC(=O)N1CC(c2ccnc(N)c2)C1.CC(C)(C)OC(=O)N1CC(c2ccnc(NC(=O)C3CC3)c2)C1.CN1CC(c2ccn3c(I)cnc3c2)C1.CN1CC(c2ccn3ccnc3c2)C1.Clc1cc(I)ccn1.NC(=O)C1CC1.c1cn2ccc(C3CNC3)cc2n1. The third kappa shape index (κ3) is 35.1. The number of alkyl halides is 1. The molecule has 0 bridgehead atoms. The van der Waals surface area contributed by atoms with Crippen molar-refractivity contribution in [1.29, 1.82) is 0 Å². The first-order valence-electron chi connectivity index (χ1n) is 49.6. The van der Waals surface area contributed by atoms with Crippen molar-refractivity contribution in [3.8, 4) is 0 Å². The number of carbonyl (C=O) groups is 7. The molecular formula is C107H138Cl2I3N23O12. The van der Waals surface area contributed by atoms with Crippen LogP contribution in [0.1, 0.15) is 210 Å². The van der Waals surface area contributed by atoms with Crippen molar-refractivity contribution in [3.63, 3.8) is 0 Å². The molecule has 6 N–H and O–H groups in total. The van der Waals surface area contributed by atoms with Crippen LogP contribution in [-0.4, -0.2) is 285 Å². The number of nitrogens with two attached hydrogens (primary N) is 2. The Hall–Kier alpha value is -10.9. The van der Waals surface area contributed by atoms with E-state index in [1.807, 2.05) is 209 Å². The van der Waals surface area contributed by atoms with Crippen LogP contribution in [0.25, 0.3) is 22.6 Å². The Labute approximate surface area is 911 Å². The van der Waals surface area contributed by atoms with E-state index in [0.29, 0.717) is 114 Å². The second-order valence-electron chi connectivity index (χ2n) is 43.4. The van der Waals surface area contributed by atoms with E-state index in [4.69, 9.17) is 58.4 Å². The standard InChI is InChI=1S/C17H23N3O3.C15H19N3O2.C13H17ClN2O2.C13H19N3O2.C11H12IN3.C11H13N3.C10H11N3.C8H14INO2.C5H3ClIN.C4H7NO/c1-17(2,3)23-16(22)20-9-13(10-20)12-6-7-18-14(8-12)19-15(21)11-4-5-11;1-15(2,3)20-14(19)18-9-12(10-18)11-4-6-17-7-5-16-13(17)8-11;2*1-13(2,3)18-12(17)16-7-10(8-16)9-4-5-15-11(14)6-9;1-14-6-9(7-14)8-2-3-15-10(12)5-13-11(15)4-8;1-13-7-10(8-13)9-2-4-14-5-3-12-11(14)6-9;1-3-13-4-2-12-10(13)5-8(1)9-6-11-7-9;1-8(2,3)12-7(11)10-4-6(9)5-10;6-5-3-4(7)1-2-8-5;5-4(6)3-1-2-3/h6-8,11,13H,4-5,9-10H2,1-3H3,(H,18,19,21);4-8,12H,9-10H2,1-3H3;4-6,10H,7-8H2,1-3H3;4-6,10H,7-8H2,1-3H3,(H2,14,15);2-5,9H,6-7H2,1H3;2-6,10H,7-8H2,1H3;1-5,9,11H,6-7H2;6H,4-5H2,1-3H3;1-3H;3H,1-2H2,(H2,5,6). The minimum atomic E-state index is -0.473. The molecule has 12 aromatic heterocycles. The van der Waals surface area contributed by atoms with Gasteiger partial charge < -0.3 is 93.3 Å². The van der Waals surface area contributed by atoms with Crippen LogP contribution in [0.4, 0.5) is 35.6 Å². The Morgan fingerprint density at radius 3 is 1.01 bits per heavy atom. The van der Waals surface area contributed by atoms with Crippen molar-refractivity contribution in [2.24, 2.45) is 17.6 Å². The summed E-state index contributed by atoms with van der Waals surface area (Å²) in [4.78, 5) is 127. The van der Waals surface area contributed by atoms with Gasteiger partial charge in [-0.15, -0.1) is 0 Å². The average molecular weight is 2390 g/mol. The number of likely N-dealkylation sites (N-methyl/N-ethyl adjacent to an activating group) is 2. The molecule has 788 valence electrons. The molecule has 0 aromatic carbocycles. The van der Waals surface area contributed by atoms with Gasteiger partial charge in [-0.25, -0.2) is 63.8 Å². The first-order valence-corrected chi connectivity index (χ1v) is 53.8. The summed E-state index contributed by atoms with van der Waals surface area (Å²) in [6.07, 6.45) is 31.1. The Kier molecular flexibility index (Phi) is 38.6. The minimum Gasteiger partial charge on any atom is -0.444 e. The normalized spacial score (nSPS) is 17.1. The number of hydrogen-bond acceptors (Lipinski definition) is 24. The number of imidazole rings is 4. The molecule has 0 radical (unpaired) electrons. The van der Waals surface area contributed by atoms with Gasteiger partial charge in [0.2, 0.25) is 11.8 Å². The highest BCUT2D eigenvalue weighted by atomic mass is 127. The topological polar surface area (TPSA) is 385 Å². The number of halogens is 5. The number of likely N-dealkylation sites (tertiary alicyclic amines) is 7. The molecular weight excluding hydrogens is 2250 g/mol. The van der Waals surface area contributed by atoms with Crippen molar-refractivity contribution >= 4 is 167 Å². The fourth-order valence-corrected chi connectivity index (χ4v) is 18.6. The average Bonchev–Trinajstić information content (AvgIpc) is 1.25. The van der Waals surface area contributed by atoms with Crippen LogP contribution in [0.5, 0.6) is 0 Å². The minimum absolute atomic E-state index is 0.0543. The van der Waals surface area contributed by atoms with E-state index in [0.717, 1.165) is 94.7 Å².